The van der Waals surface area contributed by atoms with Crippen molar-refractivity contribution in [3.8, 4) is 0 Å². The van der Waals surface area contributed by atoms with E-state index in [-0.39, 0.29) is 17.9 Å². The third-order valence-electron chi connectivity index (χ3n) is 5.26. The molecule has 0 aromatic heterocycles. The number of carbonyl (C=O) groups excluding carboxylic acids is 1. The van der Waals surface area contributed by atoms with Crippen molar-refractivity contribution in [1.82, 2.24) is 5.32 Å². The quantitative estimate of drug-likeness (QED) is 0.752. The average Bonchev–Trinajstić information content (AvgIpc) is 2.91. The Labute approximate surface area is 117 Å². The van der Waals surface area contributed by atoms with Crippen molar-refractivity contribution in [2.45, 2.75) is 70.8 Å². The first-order chi connectivity index (χ1) is 9.18. The fraction of sp³-hybridized carbons (Fsp3) is 0.938. The number of carbonyl (C=O) groups is 1. The molecule has 3 N–H and O–H groups in total. The van der Waals surface area contributed by atoms with Crippen LogP contribution in [0.25, 0.3) is 0 Å². The zero-order valence-corrected chi connectivity index (χ0v) is 12.4. The first kappa shape index (κ1) is 14.8. The van der Waals surface area contributed by atoms with Crippen molar-refractivity contribution in [1.29, 1.82) is 0 Å². The van der Waals surface area contributed by atoms with Crippen LogP contribution in [0.5, 0.6) is 0 Å². The molecule has 3 heteroatoms. The second-order valence-electron chi connectivity index (χ2n) is 6.64. The summed E-state index contributed by atoms with van der Waals surface area (Å²) >= 11 is 0. The Morgan fingerprint density at radius 1 is 1.16 bits per heavy atom. The highest BCUT2D eigenvalue weighted by Crippen LogP contribution is 2.30. The molecule has 0 bridgehead atoms. The third kappa shape index (κ3) is 4.20. The van der Waals surface area contributed by atoms with Gasteiger partial charge >= 0.3 is 0 Å². The molecule has 0 saturated heterocycles. The molecular formula is C16H30N2O. The Morgan fingerprint density at radius 2 is 1.89 bits per heavy atom. The van der Waals surface area contributed by atoms with Crippen LogP contribution in [0.3, 0.4) is 0 Å². The Morgan fingerprint density at radius 3 is 2.63 bits per heavy atom. The fourth-order valence-corrected chi connectivity index (χ4v) is 3.80. The number of rotatable bonds is 5. The minimum absolute atomic E-state index is 0.148. The summed E-state index contributed by atoms with van der Waals surface area (Å²) in [6.45, 7) is 2.99. The molecule has 2 saturated carbocycles. The van der Waals surface area contributed by atoms with Gasteiger partial charge in [-0.15, -0.1) is 0 Å². The van der Waals surface area contributed by atoms with Crippen molar-refractivity contribution in [2.24, 2.45) is 23.5 Å². The van der Waals surface area contributed by atoms with E-state index in [0.29, 0.717) is 5.92 Å². The maximum Gasteiger partial charge on any atom is 0.223 e. The summed E-state index contributed by atoms with van der Waals surface area (Å²) in [5.74, 6) is 1.66. The molecule has 2 aliphatic rings. The lowest BCUT2D eigenvalue weighted by Crippen LogP contribution is -2.44. The van der Waals surface area contributed by atoms with Crippen LogP contribution in [0.15, 0.2) is 0 Å². The van der Waals surface area contributed by atoms with Crippen LogP contribution in [0.4, 0.5) is 0 Å². The van der Waals surface area contributed by atoms with Crippen molar-refractivity contribution in [3.05, 3.63) is 0 Å². The first-order valence-corrected chi connectivity index (χ1v) is 8.21. The van der Waals surface area contributed by atoms with Crippen LogP contribution in [0.1, 0.15) is 64.7 Å². The molecule has 0 aromatic rings. The molecule has 2 aliphatic carbocycles. The lowest BCUT2D eigenvalue weighted by Gasteiger charge is -2.32. The Kier molecular flexibility index (Phi) is 5.68. The van der Waals surface area contributed by atoms with Gasteiger partial charge in [0.25, 0.3) is 0 Å². The molecule has 0 spiro atoms. The molecule has 3 unspecified atom stereocenters. The SMILES string of the molecule is CC1C(N)CCCC1C(=O)NCCCC1CCCC1. The highest BCUT2D eigenvalue weighted by atomic mass is 16.1. The number of hydrogen-bond donors (Lipinski definition) is 2. The third-order valence-corrected chi connectivity index (χ3v) is 5.26. The molecule has 19 heavy (non-hydrogen) atoms. The Balaban J connectivity index is 1.63. The molecule has 0 radical (unpaired) electrons. The predicted octanol–water partition coefficient (Wildman–Crippen LogP) is 2.84. The fourth-order valence-electron chi connectivity index (χ4n) is 3.80. The van der Waals surface area contributed by atoms with Gasteiger partial charge in [-0.2, -0.15) is 0 Å². The average molecular weight is 266 g/mol. The van der Waals surface area contributed by atoms with Crippen molar-refractivity contribution in [3.63, 3.8) is 0 Å². The summed E-state index contributed by atoms with van der Waals surface area (Å²) in [5.41, 5.74) is 6.06. The van der Waals surface area contributed by atoms with E-state index in [2.05, 4.69) is 12.2 Å². The summed E-state index contributed by atoms with van der Waals surface area (Å²) < 4.78 is 0. The lowest BCUT2D eigenvalue weighted by molar-refractivity contribution is -0.127. The topological polar surface area (TPSA) is 55.1 Å². The van der Waals surface area contributed by atoms with Gasteiger partial charge < -0.3 is 11.1 Å². The summed E-state index contributed by atoms with van der Waals surface area (Å²) in [6.07, 6.45) is 11.3. The van der Waals surface area contributed by atoms with E-state index in [1.165, 1.54) is 32.1 Å². The van der Waals surface area contributed by atoms with Gasteiger partial charge in [0.15, 0.2) is 0 Å². The maximum atomic E-state index is 12.2. The minimum atomic E-state index is 0.148. The van der Waals surface area contributed by atoms with Crippen LogP contribution < -0.4 is 11.1 Å². The molecule has 3 atom stereocenters. The van der Waals surface area contributed by atoms with Crippen molar-refractivity contribution in [2.75, 3.05) is 6.54 Å². The molecule has 2 rings (SSSR count). The van der Waals surface area contributed by atoms with Crippen LogP contribution in [-0.4, -0.2) is 18.5 Å². The molecule has 1 amide bonds. The van der Waals surface area contributed by atoms with E-state index in [1.54, 1.807) is 0 Å². The summed E-state index contributed by atoms with van der Waals surface area (Å²) in [6, 6.07) is 0.211. The summed E-state index contributed by atoms with van der Waals surface area (Å²) in [5, 5.41) is 3.13. The van der Waals surface area contributed by atoms with E-state index in [1.807, 2.05) is 0 Å². The van der Waals surface area contributed by atoms with E-state index in [0.717, 1.165) is 38.1 Å². The number of nitrogens with two attached hydrogens (primary N) is 1. The van der Waals surface area contributed by atoms with Gasteiger partial charge in [-0.05, 0) is 37.5 Å². The Hall–Kier alpha value is -0.570. The van der Waals surface area contributed by atoms with Gasteiger partial charge in [0, 0.05) is 18.5 Å². The first-order valence-electron chi connectivity index (χ1n) is 8.21. The van der Waals surface area contributed by atoms with Gasteiger partial charge in [0.1, 0.15) is 0 Å². The van der Waals surface area contributed by atoms with E-state index < -0.39 is 0 Å². The highest BCUT2D eigenvalue weighted by molar-refractivity contribution is 5.79. The monoisotopic (exact) mass is 266 g/mol. The normalized spacial score (nSPS) is 32.4. The second kappa shape index (κ2) is 7.28. The summed E-state index contributed by atoms with van der Waals surface area (Å²) in [4.78, 5) is 12.2. The van der Waals surface area contributed by atoms with Crippen LogP contribution in [0.2, 0.25) is 0 Å². The molecule has 2 fully saturated rings. The lowest BCUT2D eigenvalue weighted by atomic mass is 9.77. The van der Waals surface area contributed by atoms with Crippen LogP contribution in [-0.2, 0) is 4.79 Å². The van der Waals surface area contributed by atoms with Crippen molar-refractivity contribution >= 4 is 5.91 Å². The second-order valence-corrected chi connectivity index (χ2v) is 6.64. The van der Waals surface area contributed by atoms with Gasteiger partial charge in [-0.3, -0.25) is 4.79 Å². The zero-order valence-electron chi connectivity index (χ0n) is 12.4. The van der Waals surface area contributed by atoms with E-state index >= 15 is 0 Å². The Bertz CT molecular complexity index is 286. The maximum absolute atomic E-state index is 12.2. The largest absolute Gasteiger partial charge is 0.356 e. The summed E-state index contributed by atoms with van der Waals surface area (Å²) in [7, 11) is 0. The standard InChI is InChI=1S/C16H30N2O/c1-12-14(9-4-10-15(12)17)16(19)18-11-5-8-13-6-2-3-7-13/h12-15H,2-11,17H2,1H3,(H,18,19). The van der Waals surface area contributed by atoms with Crippen LogP contribution >= 0.6 is 0 Å². The smallest absolute Gasteiger partial charge is 0.223 e. The van der Waals surface area contributed by atoms with Gasteiger partial charge in [-0.1, -0.05) is 39.0 Å². The molecule has 3 nitrogen and oxygen atoms in total. The van der Waals surface area contributed by atoms with Gasteiger partial charge in [-0.25, -0.2) is 0 Å². The molecule has 0 heterocycles. The number of hydrogen-bond acceptors (Lipinski definition) is 2. The zero-order chi connectivity index (χ0) is 13.7. The predicted molar refractivity (Wildman–Crippen MR) is 78.7 cm³/mol. The van der Waals surface area contributed by atoms with Crippen LogP contribution in [0, 0.1) is 17.8 Å². The minimum Gasteiger partial charge on any atom is -0.356 e. The van der Waals surface area contributed by atoms with E-state index in [9.17, 15) is 4.79 Å². The van der Waals surface area contributed by atoms with E-state index in [4.69, 9.17) is 5.73 Å². The van der Waals surface area contributed by atoms with Gasteiger partial charge in [0.2, 0.25) is 5.91 Å². The molecular weight excluding hydrogens is 236 g/mol. The molecule has 0 aromatic carbocycles. The molecule has 110 valence electrons. The highest BCUT2D eigenvalue weighted by Gasteiger charge is 2.32. The number of nitrogens with one attached hydrogen (secondary N) is 1. The van der Waals surface area contributed by atoms with Gasteiger partial charge in [0.05, 0.1) is 0 Å². The number of amides is 1. The van der Waals surface area contributed by atoms with Crippen molar-refractivity contribution < 1.29 is 4.79 Å². The molecule has 0 aliphatic heterocycles.